The maximum atomic E-state index is 13.1. The molecule has 0 saturated carbocycles. The van der Waals surface area contributed by atoms with Crippen molar-refractivity contribution in [3.63, 3.8) is 0 Å². The van der Waals surface area contributed by atoms with E-state index in [0.717, 1.165) is 57.8 Å². The fourth-order valence-electron chi connectivity index (χ4n) is 9.54. The van der Waals surface area contributed by atoms with Crippen molar-refractivity contribution < 1.29 is 73.8 Å². The molecule has 2 rings (SSSR count). The van der Waals surface area contributed by atoms with Gasteiger partial charge in [-0.15, -0.1) is 0 Å². The Hall–Kier alpha value is -2.02. The molecule has 434 valence electrons. The molecule has 0 bridgehead atoms. The zero-order valence-corrected chi connectivity index (χ0v) is 46.3. The Kier molecular flexibility index (Phi) is 42.3. The van der Waals surface area contributed by atoms with Gasteiger partial charge in [0.25, 0.3) is 0 Å². The van der Waals surface area contributed by atoms with Gasteiger partial charge in [0.05, 0.1) is 19.8 Å². The monoisotopic (exact) mass is 1060 g/mol. The van der Waals surface area contributed by atoms with Gasteiger partial charge in [-0.2, -0.15) is 0 Å². The van der Waals surface area contributed by atoms with Crippen LogP contribution in [-0.2, 0) is 38.0 Å². The molecule has 0 amide bonds. The molecule has 2 aliphatic rings. The van der Waals surface area contributed by atoms with Crippen molar-refractivity contribution in [3.05, 3.63) is 24.3 Å². The minimum atomic E-state index is -1.76. The summed E-state index contributed by atoms with van der Waals surface area (Å²) in [6.07, 6.45) is 33.3. The normalized spacial score (nSPS) is 24.8. The molecular formula is C59H108O15. The predicted octanol–water partition coefficient (Wildman–Crippen LogP) is 10.3. The van der Waals surface area contributed by atoms with E-state index in [4.69, 9.17) is 28.4 Å². The molecule has 74 heavy (non-hydrogen) atoms. The van der Waals surface area contributed by atoms with Crippen LogP contribution in [0.2, 0.25) is 0 Å². The fourth-order valence-corrected chi connectivity index (χ4v) is 9.54. The number of aliphatic hydroxyl groups excluding tert-OH is 7. The molecule has 2 aliphatic heterocycles. The van der Waals surface area contributed by atoms with E-state index in [1.165, 1.54) is 148 Å². The number of hydrogen-bond donors (Lipinski definition) is 7. The average molecular weight is 1060 g/mol. The van der Waals surface area contributed by atoms with E-state index < -0.39 is 92.7 Å². The maximum Gasteiger partial charge on any atom is 0.306 e. The summed E-state index contributed by atoms with van der Waals surface area (Å²) in [5.41, 5.74) is 0. The number of aliphatic hydroxyl groups is 7. The Morgan fingerprint density at radius 3 is 1.26 bits per heavy atom. The zero-order chi connectivity index (χ0) is 53.9. The molecule has 0 aromatic heterocycles. The van der Waals surface area contributed by atoms with Gasteiger partial charge in [-0.3, -0.25) is 9.59 Å². The lowest BCUT2D eigenvalue weighted by Gasteiger charge is -2.42. The van der Waals surface area contributed by atoms with Crippen molar-refractivity contribution in [3.8, 4) is 0 Å². The summed E-state index contributed by atoms with van der Waals surface area (Å²) >= 11 is 0. The topological polar surface area (TPSA) is 231 Å². The van der Waals surface area contributed by atoms with Crippen LogP contribution in [0.3, 0.4) is 0 Å². The van der Waals surface area contributed by atoms with Crippen LogP contribution in [-0.4, -0.2) is 142 Å². The summed E-state index contributed by atoms with van der Waals surface area (Å²) in [6.45, 7) is 2.63. The highest BCUT2D eigenvalue weighted by Gasteiger charge is 2.47. The highest BCUT2D eigenvalue weighted by atomic mass is 16.7. The minimum absolute atomic E-state index is 0.164. The van der Waals surface area contributed by atoms with Gasteiger partial charge in [-0.05, 0) is 44.9 Å². The van der Waals surface area contributed by atoms with Gasteiger partial charge in [0.15, 0.2) is 18.7 Å². The fraction of sp³-hybridized carbons (Fsp3) is 0.898. The van der Waals surface area contributed by atoms with Crippen molar-refractivity contribution in [2.45, 2.75) is 313 Å². The summed E-state index contributed by atoms with van der Waals surface area (Å²) in [6, 6.07) is 0. The number of carbonyl (C=O) groups excluding carboxylic acids is 2. The molecule has 0 aromatic rings. The first-order valence-electron chi connectivity index (χ1n) is 29.9. The van der Waals surface area contributed by atoms with Crippen LogP contribution in [0.4, 0.5) is 0 Å². The molecule has 2 heterocycles. The number of unbranched alkanes of at least 4 members (excludes halogenated alkanes) is 30. The SMILES string of the molecule is CCCCCCC/C=C\C/C=C\CCCCCCCCCCCC(=O)OC(COC(=O)CCCCCCCCCCCCCCCCCCC)COC1OC(COC2OC(CO)C(O)C(O)C2O)C(O)C(O)C1O. The Bertz CT molecular complexity index is 1380. The largest absolute Gasteiger partial charge is 0.462 e. The van der Waals surface area contributed by atoms with E-state index in [1.807, 2.05) is 0 Å². The van der Waals surface area contributed by atoms with E-state index in [0.29, 0.717) is 12.8 Å². The molecule has 15 heteroatoms. The quantitative estimate of drug-likeness (QED) is 0.0171. The third kappa shape index (κ3) is 32.7. The first-order chi connectivity index (χ1) is 36.0. The number of hydrogen-bond acceptors (Lipinski definition) is 15. The van der Waals surface area contributed by atoms with E-state index >= 15 is 0 Å². The van der Waals surface area contributed by atoms with Crippen LogP contribution in [0.25, 0.3) is 0 Å². The number of allylic oxidation sites excluding steroid dienone is 4. The van der Waals surface area contributed by atoms with Crippen LogP contribution in [0.5, 0.6) is 0 Å². The molecule has 0 aliphatic carbocycles. The Morgan fingerprint density at radius 1 is 0.432 bits per heavy atom. The number of esters is 2. The number of rotatable bonds is 48. The Labute approximate surface area is 447 Å². The maximum absolute atomic E-state index is 13.1. The standard InChI is InChI=1S/C59H108O15/c1-3-5-7-9-11-13-15-17-19-21-22-23-24-26-28-30-32-34-36-38-40-42-51(62)72-47(44-69-50(61)41-39-37-35-33-31-29-27-25-20-18-16-14-12-10-8-6-4-2)45-70-58-57(68)55(66)53(64)49(74-58)46-71-59-56(67)54(65)52(63)48(43-60)73-59/h15,17,21-22,47-49,52-60,63-68H,3-14,16,18-20,23-46H2,1-2H3/b17-15-,22-21-. The Morgan fingerprint density at radius 2 is 0.811 bits per heavy atom. The van der Waals surface area contributed by atoms with E-state index in [1.54, 1.807) is 0 Å². The van der Waals surface area contributed by atoms with Crippen LogP contribution < -0.4 is 0 Å². The highest BCUT2D eigenvalue weighted by molar-refractivity contribution is 5.70. The highest BCUT2D eigenvalue weighted by Crippen LogP contribution is 2.27. The number of ether oxygens (including phenoxy) is 6. The smallest absolute Gasteiger partial charge is 0.306 e. The van der Waals surface area contributed by atoms with Gasteiger partial charge >= 0.3 is 11.9 Å². The van der Waals surface area contributed by atoms with Gasteiger partial charge < -0.3 is 64.2 Å². The first kappa shape index (κ1) is 68.1. The van der Waals surface area contributed by atoms with Crippen molar-refractivity contribution in [1.82, 2.24) is 0 Å². The van der Waals surface area contributed by atoms with Crippen LogP contribution in [0.1, 0.15) is 245 Å². The zero-order valence-electron chi connectivity index (χ0n) is 46.3. The molecule has 15 nitrogen and oxygen atoms in total. The van der Waals surface area contributed by atoms with Crippen molar-refractivity contribution in [2.24, 2.45) is 0 Å². The second kappa shape index (κ2) is 45.9. The molecule has 7 N–H and O–H groups in total. The summed E-state index contributed by atoms with van der Waals surface area (Å²) in [5.74, 6) is -0.916. The lowest BCUT2D eigenvalue weighted by Crippen LogP contribution is -2.61. The van der Waals surface area contributed by atoms with Gasteiger partial charge in [0, 0.05) is 12.8 Å². The molecule has 11 unspecified atom stereocenters. The second-order valence-corrected chi connectivity index (χ2v) is 21.2. The molecule has 0 aromatic carbocycles. The van der Waals surface area contributed by atoms with Crippen molar-refractivity contribution in [1.29, 1.82) is 0 Å². The summed E-state index contributed by atoms with van der Waals surface area (Å²) in [4.78, 5) is 25.9. The van der Waals surface area contributed by atoms with Crippen molar-refractivity contribution >= 4 is 11.9 Å². The molecule has 2 fully saturated rings. The molecular weight excluding hydrogens is 949 g/mol. The van der Waals surface area contributed by atoms with E-state index in [-0.39, 0.29) is 26.1 Å². The molecule has 0 radical (unpaired) electrons. The van der Waals surface area contributed by atoms with Gasteiger partial charge in [0.2, 0.25) is 0 Å². The summed E-state index contributed by atoms with van der Waals surface area (Å²) in [7, 11) is 0. The van der Waals surface area contributed by atoms with Crippen molar-refractivity contribution in [2.75, 3.05) is 26.4 Å². The molecule has 2 saturated heterocycles. The van der Waals surface area contributed by atoms with E-state index in [2.05, 4.69) is 38.2 Å². The van der Waals surface area contributed by atoms with Gasteiger partial charge in [0.1, 0.15) is 55.4 Å². The predicted molar refractivity (Wildman–Crippen MR) is 289 cm³/mol. The third-order valence-electron chi connectivity index (χ3n) is 14.4. The number of carbonyl (C=O) groups is 2. The third-order valence-corrected chi connectivity index (χ3v) is 14.4. The lowest BCUT2D eigenvalue weighted by molar-refractivity contribution is -0.332. The molecule has 11 atom stereocenters. The lowest BCUT2D eigenvalue weighted by atomic mass is 9.98. The second-order valence-electron chi connectivity index (χ2n) is 21.2. The molecule has 0 spiro atoms. The van der Waals surface area contributed by atoms with Crippen LogP contribution in [0.15, 0.2) is 24.3 Å². The van der Waals surface area contributed by atoms with Crippen LogP contribution >= 0.6 is 0 Å². The van der Waals surface area contributed by atoms with E-state index in [9.17, 15) is 45.3 Å². The summed E-state index contributed by atoms with van der Waals surface area (Å²) < 4.78 is 33.7. The minimum Gasteiger partial charge on any atom is -0.462 e. The Balaban J connectivity index is 1.74. The van der Waals surface area contributed by atoms with Crippen LogP contribution in [0, 0.1) is 0 Å². The first-order valence-corrected chi connectivity index (χ1v) is 29.9. The van der Waals surface area contributed by atoms with Gasteiger partial charge in [-0.25, -0.2) is 0 Å². The average Bonchev–Trinajstić information content (AvgIpc) is 3.39. The van der Waals surface area contributed by atoms with Gasteiger partial charge in [-0.1, -0.05) is 212 Å². The summed E-state index contributed by atoms with van der Waals surface area (Å²) in [5, 5.41) is 72.3.